The largest absolute Gasteiger partial charge is 0.349 e. The molecule has 0 aliphatic rings. The molecule has 0 spiro atoms. The lowest BCUT2D eigenvalue weighted by Gasteiger charge is -2.33. The summed E-state index contributed by atoms with van der Waals surface area (Å²) >= 11 is 1.05. The van der Waals surface area contributed by atoms with Crippen LogP contribution < -0.4 is 10.2 Å². The fraction of sp³-hybridized carbons (Fsp3) is 0.273. The Hall–Kier alpha value is -3.13. The zero-order chi connectivity index (χ0) is 21.9. The fourth-order valence-corrected chi connectivity index (χ4v) is 3.47. The van der Waals surface area contributed by atoms with Gasteiger partial charge in [-0.1, -0.05) is 28.8 Å². The van der Waals surface area contributed by atoms with Gasteiger partial charge in [0, 0.05) is 16.6 Å². The first-order valence-corrected chi connectivity index (χ1v) is 10.2. The second-order valence-corrected chi connectivity index (χ2v) is 8.61. The minimum absolute atomic E-state index is 0.136. The molecule has 1 heterocycles. The van der Waals surface area contributed by atoms with Gasteiger partial charge in [0.25, 0.3) is 5.91 Å². The van der Waals surface area contributed by atoms with Crippen LogP contribution in [-0.2, 0) is 4.79 Å². The quantitative estimate of drug-likeness (QED) is 0.660. The lowest BCUT2D eigenvalue weighted by Crippen LogP contribution is -2.49. The molecule has 3 aromatic rings. The number of hydrogen-bond donors (Lipinski definition) is 1. The van der Waals surface area contributed by atoms with Gasteiger partial charge in [0.2, 0.25) is 5.91 Å². The first kappa shape index (κ1) is 21.6. The van der Waals surface area contributed by atoms with Gasteiger partial charge in [-0.05, 0) is 74.6 Å². The van der Waals surface area contributed by atoms with Gasteiger partial charge < -0.3 is 5.32 Å². The number of amides is 2. The lowest BCUT2D eigenvalue weighted by atomic mass is 10.00. The van der Waals surface area contributed by atoms with E-state index in [0.717, 1.165) is 17.1 Å². The van der Waals surface area contributed by atoms with Gasteiger partial charge in [-0.25, -0.2) is 4.39 Å². The van der Waals surface area contributed by atoms with Crippen molar-refractivity contribution in [2.75, 3.05) is 4.90 Å². The Labute approximate surface area is 178 Å². The van der Waals surface area contributed by atoms with Gasteiger partial charge in [0.1, 0.15) is 11.9 Å². The number of aromatic nitrogens is 2. The van der Waals surface area contributed by atoms with Crippen LogP contribution in [0, 0.1) is 12.7 Å². The molecule has 0 aliphatic carbocycles. The van der Waals surface area contributed by atoms with E-state index in [1.807, 2.05) is 45.9 Å². The number of benzene rings is 2. The predicted molar refractivity (Wildman–Crippen MR) is 115 cm³/mol. The number of nitrogens with zero attached hydrogens (tertiary/aromatic N) is 3. The van der Waals surface area contributed by atoms with Crippen LogP contribution in [-0.4, -0.2) is 26.9 Å². The molecule has 0 aliphatic heterocycles. The highest BCUT2D eigenvalue weighted by Gasteiger charge is 2.35. The van der Waals surface area contributed by atoms with Crippen LogP contribution in [0.1, 0.15) is 48.4 Å². The Morgan fingerprint density at radius 3 is 2.40 bits per heavy atom. The summed E-state index contributed by atoms with van der Waals surface area (Å²) in [4.78, 5) is 28.2. The first-order valence-electron chi connectivity index (χ1n) is 9.40. The fourth-order valence-electron chi connectivity index (χ4n) is 3.04. The number of carbonyl (C=O) groups is 2. The van der Waals surface area contributed by atoms with Crippen LogP contribution in [0.15, 0.2) is 53.9 Å². The standard InChI is InChI=1S/C22H23FN4O2S/c1-14-6-5-7-17(12-14)27(21(29)18-13-30-26-25-18)19(20(28)24-22(2,3)4)15-8-10-16(23)11-9-15/h5-13,19H,1-4H3,(H,24,28)/t19-/m1/s1. The van der Waals surface area contributed by atoms with E-state index in [0.29, 0.717) is 11.3 Å². The van der Waals surface area contributed by atoms with Crippen molar-refractivity contribution in [2.24, 2.45) is 0 Å². The van der Waals surface area contributed by atoms with Crippen LogP contribution in [0.5, 0.6) is 0 Å². The van der Waals surface area contributed by atoms with E-state index in [2.05, 4.69) is 14.9 Å². The van der Waals surface area contributed by atoms with Crippen LogP contribution in [0.25, 0.3) is 0 Å². The van der Waals surface area contributed by atoms with E-state index in [-0.39, 0.29) is 11.6 Å². The molecule has 1 atom stereocenters. The molecular formula is C22H23FN4O2S. The van der Waals surface area contributed by atoms with Gasteiger partial charge in [0.15, 0.2) is 5.69 Å². The number of hydrogen-bond acceptors (Lipinski definition) is 5. The van der Waals surface area contributed by atoms with Crippen molar-refractivity contribution >= 4 is 29.0 Å². The number of aryl methyl sites for hydroxylation is 1. The highest BCUT2D eigenvalue weighted by atomic mass is 32.1. The summed E-state index contributed by atoms with van der Waals surface area (Å²) in [7, 11) is 0. The van der Waals surface area contributed by atoms with E-state index in [1.165, 1.54) is 34.5 Å². The number of halogens is 1. The third kappa shape index (κ3) is 5.07. The molecule has 2 amide bonds. The molecule has 0 radical (unpaired) electrons. The molecule has 0 saturated carbocycles. The third-order valence-corrected chi connectivity index (χ3v) is 4.77. The Balaban J connectivity index is 2.18. The minimum atomic E-state index is -1.03. The predicted octanol–water partition coefficient (Wildman–Crippen LogP) is 4.29. The maximum Gasteiger partial charge on any atom is 0.280 e. The molecule has 0 bridgehead atoms. The molecule has 1 aromatic heterocycles. The number of nitrogens with one attached hydrogen (secondary N) is 1. The lowest BCUT2D eigenvalue weighted by molar-refractivity contribution is -0.123. The van der Waals surface area contributed by atoms with E-state index >= 15 is 0 Å². The maximum absolute atomic E-state index is 13.6. The van der Waals surface area contributed by atoms with Crippen molar-refractivity contribution in [1.82, 2.24) is 14.9 Å². The molecule has 6 nitrogen and oxygen atoms in total. The van der Waals surface area contributed by atoms with E-state index in [9.17, 15) is 14.0 Å². The van der Waals surface area contributed by atoms with Crippen molar-refractivity contribution in [3.05, 3.63) is 76.5 Å². The third-order valence-electron chi connectivity index (χ3n) is 4.27. The van der Waals surface area contributed by atoms with E-state index < -0.39 is 23.3 Å². The van der Waals surface area contributed by atoms with Gasteiger partial charge in [-0.15, -0.1) is 5.10 Å². The van der Waals surface area contributed by atoms with Crippen LogP contribution in [0.2, 0.25) is 0 Å². The monoisotopic (exact) mass is 426 g/mol. The normalized spacial score (nSPS) is 12.3. The topological polar surface area (TPSA) is 75.2 Å². The second-order valence-electron chi connectivity index (χ2n) is 8.00. The Bertz CT molecular complexity index is 1030. The van der Waals surface area contributed by atoms with Crippen molar-refractivity contribution in [1.29, 1.82) is 0 Å². The summed E-state index contributed by atoms with van der Waals surface area (Å²) in [5.74, 6) is -1.27. The van der Waals surface area contributed by atoms with Crippen molar-refractivity contribution in [3.8, 4) is 0 Å². The summed E-state index contributed by atoms with van der Waals surface area (Å²) in [5.41, 5.74) is 1.55. The molecule has 0 fully saturated rings. The zero-order valence-corrected chi connectivity index (χ0v) is 18.0. The molecule has 1 N–H and O–H groups in total. The van der Waals surface area contributed by atoms with E-state index in [1.54, 1.807) is 6.07 Å². The van der Waals surface area contributed by atoms with Gasteiger partial charge in [-0.2, -0.15) is 0 Å². The van der Waals surface area contributed by atoms with Gasteiger partial charge in [0.05, 0.1) is 0 Å². The van der Waals surface area contributed by atoms with E-state index in [4.69, 9.17) is 0 Å². The SMILES string of the molecule is Cc1cccc(N(C(=O)c2csnn2)[C@@H](C(=O)NC(C)(C)C)c2ccc(F)cc2)c1. The van der Waals surface area contributed by atoms with Crippen LogP contribution >= 0.6 is 11.5 Å². The number of anilines is 1. The number of rotatable bonds is 5. The highest BCUT2D eigenvalue weighted by molar-refractivity contribution is 7.03. The molecule has 0 saturated heterocycles. The summed E-state index contributed by atoms with van der Waals surface area (Å²) in [6, 6.07) is 11.8. The Morgan fingerprint density at radius 2 is 1.83 bits per heavy atom. The van der Waals surface area contributed by atoms with Crippen molar-refractivity contribution < 1.29 is 14.0 Å². The minimum Gasteiger partial charge on any atom is -0.349 e. The molecule has 156 valence electrons. The second kappa shape index (κ2) is 8.71. The summed E-state index contributed by atoms with van der Waals surface area (Å²) in [6.45, 7) is 7.47. The molecule has 3 rings (SSSR count). The average molecular weight is 427 g/mol. The van der Waals surface area contributed by atoms with Crippen molar-refractivity contribution in [2.45, 2.75) is 39.3 Å². The smallest absolute Gasteiger partial charge is 0.280 e. The average Bonchev–Trinajstić information content (AvgIpc) is 3.20. The van der Waals surface area contributed by atoms with Crippen LogP contribution in [0.4, 0.5) is 10.1 Å². The summed E-state index contributed by atoms with van der Waals surface area (Å²) in [5, 5.41) is 8.37. The summed E-state index contributed by atoms with van der Waals surface area (Å²) in [6.07, 6.45) is 0. The molecule has 2 aromatic carbocycles. The Kier molecular flexibility index (Phi) is 6.26. The van der Waals surface area contributed by atoms with Crippen LogP contribution in [0.3, 0.4) is 0 Å². The van der Waals surface area contributed by atoms with Gasteiger partial charge in [-0.3, -0.25) is 14.5 Å². The zero-order valence-electron chi connectivity index (χ0n) is 17.2. The number of carbonyl (C=O) groups excluding carboxylic acids is 2. The Morgan fingerprint density at radius 1 is 1.13 bits per heavy atom. The highest BCUT2D eigenvalue weighted by Crippen LogP contribution is 2.31. The molecule has 30 heavy (non-hydrogen) atoms. The summed E-state index contributed by atoms with van der Waals surface area (Å²) < 4.78 is 17.4. The van der Waals surface area contributed by atoms with Gasteiger partial charge >= 0.3 is 0 Å². The first-order chi connectivity index (χ1) is 14.2. The molecule has 0 unspecified atom stereocenters. The molecule has 8 heteroatoms. The maximum atomic E-state index is 13.6. The van der Waals surface area contributed by atoms with Crippen molar-refractivity contribution in [3.63, 3.8) is 0 Å². The molecular weight excluding hydrogens is 403 g/mol.